The molecule has 1 heterocycles. The molecule has 0 saturated carbocycles. The molecular formula is C30H33F3N2O2. The lowest BCUT2D eigenvalue weighted by molar-refractivity contribution is -0.138. The van der Waals surface area contributed by atoms with Crippen LogP contribution in [0, 0.1) is 5.92 Å². The molecule has 0 spiro atoms. The number of amides is 1. The van der Waals surface area contributed by atoms with E-state index in [0.29, 0.717) is 31.6 Å². The van der Waals surface area contributed by atoms with Crippen LogP contribution < -0.4 is 0 Å². The van der Waals surface area contributed by atoms with Gasteiger partial charge >= 0.3 is 6.18 Å². The molecule has 0 aliphatic carbocycles. The first-order valence-corrected chi connectivity index (χ1v) is 12.5. The summed E-state index contributed by atoms with van der Waals surface area (Å²) < 4.78 is 45.3. The summed E-state index contributed by atoms with van der Waals surface area (Å²) in [5.41, 5.74) is 2.30. The maximum atomic E-state index is 13.0. The maximum absolute atomic E-state index is 13.0. The standard InChI is InChI=1S/C30H33F3N2O2/c1-34(2)20-28(36)35-18-17-27(37-21-22-13-15-25(16-14-22)30(31,32)33)26(19-35)29(23-9-5-3-6-10-23)24-11-7-4-8-12-24/h3-16,26-27,29H,17-21H2,1-2H3/t26-,27+/m0/s1. The van der Waals surface area contributed by atoms with Crippen LogP contribution in [0.1, 0.15) is 34.6 Å². The van der Waals surface area contributed by atoms with E-state index in [4.69, 9.17) is 4.74 Å². The molecule has 0 radical (unpaired) electrons. The summed E-state index contributed by atoms with van der Waals surface area (Å²) >= 11 is 0. The second-order valence-corrected chi connectivity index (χ2v) is 9.87. The summed E-state index contributed by atoms with van der Waals surface area (Å²) in [5, 5.41) is 0. The van der Waals surface area contributed by atoms with Gasteiger partial charge in [0.1, 0.15) is 0 Å². The van der Waals surface area contributed by atoms with E-state index in [0.717, 1.165) is 23.3 Å². The second-order valence-electron chi connectivity index (χ2n) is 9.87. The molecule has 3 aromatic carbocycles. The van der Waals surface area contributed by atoms with Gasteiger partial charge in [-0.1, -0.05) is 72.8 Å². The lowest BCUT2D eigenvalue weighted by Crippen LogP contribution is -2.50. The number of halogens is 3. The highest BCUT2D eigenvalue weighted by atomic mass is 19.4. The van der Waals surface area contributed by atoms with Gasteiger partial charge in [-0.25, -0.2) is 0 Å². The van der Waals surface area contributed by atoms with E-state index in [1.165, 1.54) is 12.1 Å². The third-order valence-electron chi connectivity index (χ3n) is 6.89. The molecule has 196 valence electrons. The number of piperidine rings is 1. The van der Waals surface area contributed by atoms with Crippen molar-refractivity contribution in [2.75, 3.05) is 33.7 Å². The molecule has 4 nitrogen and oxygen atoms in total. The minimum absolute atomic E-state index is 0.00467. The van der Waals surface area contributed by atoms with Crippen molar-refractivity contribution in [3.63, 3.8) is 0 Å². The van der Waals surface area contributed by atoms with E-state index in [1.54, 1.807) is 0 Å². The Balaban J connectivity index is 1.61. The van der Waals surface area contributed by atoms with E-state index in [1.807, 2.05) is 60.3 Å². The number of likely N-dealkylation sites (N-methyl/N-ethyl adjacent to an activating group) is 1. The van der Waals surface area contributed by atoms with Gasteiger partial charge in [-0.3, -0.25) is 4.79 Å². The van der Waals surface area contributed by atoms with Crippen molar-refractivity contribution >= 4 is 5.91 Å². The van der Waals surface area contributed by atoms with Crippen molar-refractivity contribution in [1.82, 2.24) is 9.80 Å². The molecule has 0 N–H and O–H groups in total. The minimum atomic E-state index is -4.37. The average Bonchev–Trinajstić information content (AvgIpc) is 2.88. The summed E-state index contributed by atoms with van der Waals surface area (Å²) in [6.07, 6.45) is -3.88. The average molecular weight is 511 g/mol. The molecule has 37 heavy (non-hydrogen) atoms. The van der Waals surface area contributed by atoms with Crippen LogP contribution in [0.3, 0.4) is 0 Å². The summed E-state index contributed by atoms with van der Waals surface area (Å²) in [7, 11) is 3.76. The van der Waals surface area contributed by atoms with Gasteiger partial charge in [-0.15, -0.1) is 0 Å². The Labute approximate surface area is 216 Å². The molecule has 3 aromatic rings. The molecular weight excluding hydrogens is 477 g/mol. The van der Waals surface area contributed by atoms with Crippen LogP contribution in [0.4, 0.5) is 13.2 Å². The topological polar surface area (TPSA) is 32.8 Å². The molecule has 0 unspecified atom stereocenters. The number of nitrogens with zero attached hydrogens (tertiary/aromatic N) is 2. The Kier molecular flexibility index (Phi) is 8.67. The number of rotatable bonds is 8. The first kappa shape index (κ1) is 26.9. The van der Waals surface area contributed by atoms with Crippen LogP contribution in [0.5, 0.6) is 0 Å². The predicted molar refractivity (Wildman–Crippen MR) is 138 cm³/mol. The fourth-order valence-corrected chi connectivity index (χ4v) is 5.09. The maximum Gasteiger partial charge on any atom is 0.416 e. The normalized spacial score (nSPS) is 18.4. The third-order valence-corrected chi connectivity index (χ3v) is 6.89. The first-order valence-electron chi connectivity index (χ1n) is 12.5. The van der Waals surface area contributed by atoms with Crippen LogP contribution in [-0.2, 0) is 22.3 Å². The summed E-state index contributed by atoms with van der Waals surface area (Å²) in [6.45, 7) is 1.67. The number of likely N-dealkylation sites (tertiary alicyclic amines) is 1. The van der Waals surface area contributed by atoms with Gasteiger partial charge in [0, 0.05) is 24.9 Å². The smallest absolute Gasteiger partial charge is 0.373 e. The number of hydrogen-bond donors (Lipinski definition) is 0. The lowest BCUT2D eigenvalue weighted by atomic mass is 9.75. The van der Waals surface area contributed by atoms with Gasteiger partial charge in [0.15, 0.2) is 0 Å². The van der Waals surface area contributed by atoms with Gasteiger partial charge < -0.3 is 14.5 Å². The molecule has 1 amide bonds. The highest BCUT2D eigenvalue weighted by Crippen LogP contribution is 2.39. The van der Waals surface area contributed by atoms with Gasteiger partial charge in [0.05, 0.1) is 24.8 Å². The highest BCUT2D eigenvalue weighted by Gasteiger charge is 2.38. The van der Waals surface area contributed by atoms with Crippen molar-refractivity contribution < 1.29 is 22.7 Å². The van der Waals surface area contributed by atoms with E-state index in [-0.39, 0.29) is 30.5 Å². The number of hydrogen-bond acceptors (Lipinski definition) is 3. The van der Waals surface area contributed by atoms with Gasteiger partial charge in [-0.05, 0) is 49.3 Å². The molecule has 4 rings (SSSR count). The van der Waals surface area contributed by atoms with E-state index >= 15 is 0 Å². The molecule has 1 fully saturated rings. The molecule has 7 heteroatoms. The number of ether oxygens (including phenoxy) is 1. The largest absolute Gasteiger partial charge is 0.416 e. The second kappa shape index (κ2) is 11.9. The zero-order valence-electron chi connectivity index (χ0n) is 21.2. The Hall–Kier alpha value is -3.16. The van der Waals surface area contributed by atoms with Crippen molar-refractivity contribution in [3.05, 3.63) is 107 Å². The monoisotopic (exact) mass is 510 g/mol. The quantitative estimate of drug-likeness (QED) is 0.382. The minimum Gasteiger partial charge on any atom is -0.373 e. The zero-order chi connectivity index (χ0) is 26.4. The fraction of sp³-hybridized carbons (Fsp3) is 0.367. The van der Waals surface area contributed by atoms with Crippen LogP contribution >= 0.6 is 0 Å². The molecule has 0 aromatic heterocycles. The van der Waals surface area contributed by atoms with Crippen molar-refractivity contribution in [2.24, 2.45) is 5.92 Å². The Morgan fingerprint density at radius 3 is 2.03 bits per heavy atom. The molecule has 1 saturated heterocycles. The number of benzene rings is 3. The van der Waals surface area contributed by atoms with Gasteiger partial charge in [0.25, 0.3) is 0 Å². The van der Waals surface area contributed by atoms with Gasteiger partial charge in [0.2, 0.25) is 5.91 Å². The number of carbonyl (C=O) groups is 1. The predicted octanol–water partition coefficient (Wildman–Crippen LogP) is 5.83. The zero-order valence-corrected chi connectivity index (χ0v) is 21.2. The van der Waals surface area contributed by atoms with Crippen molar-refractivity contribution in [3.8, 4) is 0 Å². The first-order chi connectivity index (χ1) is 17.7. The summed E-state index contributed by atoms with van der Waals surface area (Å²) in [4.78, 5) is 16.8. The van der Waals surface area contributed by atoms with Crippen LogP contribution in [0.15, 0.2) is 84.9 Å². The number of alkyl halides is 3. The fourth-order valence-electron chi connectivity index (χ4n) is 5.09. The molecule has 2 atom stereocenters. The third kappa shape index (κ3) is 6.99. The van der Waals surface area contributed by atoms with E-state index in [9.17, 15) is 18.0 Å². The van der Waals surface area contributed by atoms with Crippen LogP contribution in [-0.4, -0.2) is 55.5 Å². The Morgan fingerprint density at radius 1 is 0.946 bits per heavy atom. The van der Waals surface area contributed by atoms with Crippen LogP contribution in [0.25, 0.3) is 0 Å². The number of carbonyl (C=O) groups excluding carboxylic acids is 1. The molecule has 0 bridgehead atoms. The Morgan fingerprint density at radius 2 is 1.51 bits per heavy atom. The molecule has 1 aliphatic rings. The summed E-state index contributed by atoms with van der Waals surface area (Å²) in [6, 6.07) is 25.6. The van der Waals surface area contributed by atoms with E-state index < -0.39 is 11.7 Å². The van der Waals surface area contributed by atoms with Crippen molar-refractivity contribution in [2.45, 2.75) is 31.2 Å². The van der Waals surface area contributed by atoms with Crippen LogP contribution in [0.2, 0.25) is 0 Å². The lowest BCUT2D eigenvalue weighted by Gasteiger charge is -2.43. The summed E-state index contributed by atoms with van der Waals surface area (Å²) in [5.74, 6) is 0.0464. The Bertz CT molecular complexity index is 1100. The van der Waals surface area contributed by atoms with E-state index in [2.05, 4.69) is 24.3 Å². The van der Waals surface area contributed by atoms with Crippen molar-refractivity contribution in [1.29, 1.82) is 0 Å². The SMILES string of the molecule is CN(C)CC(=O)N1CC[C@@H](OCc2ccc(C(F)(F)F)cc2)[C@@H](C(c2ccccc2)c2ccccc2)C1. The van der Waals surface area contributed by atoms with Gasteiger partial charge in [-0.2, -0.15) is 13.2 Å². The highest BCUT2D eigenvalue weighted by molar-refractivity contribution is 5.78. The molecule has 1 aliphatic heterocycles.